The van der Waals surface area contributed by atoms with E-state index in [9.17, 15) is 22.8 Å². The molecular formula is C20H25F3N4O2. The Bertz CT molecular complexity index is 944. The van der Waals surface area contributed by atoms with E-state index in [2.05, 4.69) is 10.4 Å². The molecule has 29 heavy (non-hydrogen) atoms. The van der Waals surface area contributed by atoms with Crippen molar-refractivity contribution in [2.75, 3.05) is 6.54 Å². The highest BCUT2D eigenvalue weighted by atomic mass is 19.4. The molecular weight excluding hydrogens is 385 g/mol. The Kier molecular flexibility index (Phi) is 5.86. The van der Waals surface area contributed by atoms with Gasteiger partial charge in [-0.25, -0.2) is 9.48 Å². The van der Waals surface area contributed by atoms with Gasteiger partial charge in [0.1, 0.15) is 12.4 Å². The summed E-state index contributed by atoms with van der Waals surface area (Å²) in [7, 11) is 0. The van der Waals surface area contributed by atoms with Gasteiger partial charge in [0.25, 0.3) is 0 Å². The molecule has 158 valence electrons. The Labute approximate surface area is 166 Å². The maximum Gasteiger partial charge on any atom is 0.416 e. The molecule has 1 aliphatic rings. The van der Waals surface area contributed by atoms with Gasteiger partial charge in [0.2, 0.25) is 5.91 Å². The minimum Gasteiger partial charge on any atom is -0.354 e. The number of amides is 1. The lowest BCUT2D eigenvalue weighted by atomic mass is 9.83. The summed E-state index contributed by atoms with van der Waals surface area (Å²) in [6.07, 6.45) is -0.778. The lowest BCUT2D eigenvalue weighted by molar-refractivity contribution is -0.137. The van der Waals surface area contributed by atoms with Crippen molar-refractivity contribution in [2.24, 2.45) is 0 Å². The van der Waals surface area contributed by atoms with Crippen LogP contribution >= 0.6 is 0 Å². The quantitative estimate of drug-likeness (QED) is 0.824. The fourth-order valence-corrected chi connectivity index (χ4v) is 3.46. The van der Waals surface area contributed by atoms with E-state index in [0.717, 1.165) is 36.1 Å². The van der Waals surface area contributed by atoms with Gasteiger partial charge >= 0.3 is 11.9 Å². The molecule has 1 aliphatic heterocycles. The highest BCUT2D eigenvalue weighted by molar-refractivity contribution is 5.75. The van der Waals surface area contributed by atoms with Crippen molar-refractivity contribution in [1.82, 2.24) is 19.7 Å². The largest absolute Gasteiger partial charge is 0.416 e. The third-order valence-corrected chi connectivity index (χ3v) is 5.27. The Morgan fingerprint density at radius 1 is 1.17 bits per heavy atom. The summed E-state index contributed by atoms with van der Waals surface area (Å²) in [6, 6.07) is 5.09. The molecule has 1 aromatic carbocycles. The van der Waals surface area contributed by atoms with E-state index in [1.165, 1.54) is 6.07 Å². The molecule has 0 unspecified atom stereocenters. The summed E-state index contributed by atoms with van der Waals surface area (Å²) in [5.41, 5.74) is -1.26. The van der Waals surface area contributed by atoms with E-state index in [4.69, 9.17) is 0 Å². The maximum absolute atomic E-state index is 13.0. The predicted octanol–water partition coefficient (Wildman–Crippen LogP) is 2.88. The molecule has 0 fully saturated rings. The molecule has 0 saturated carbocycles. The van der Waals surface area contributed by atoms with Crippen LogP contribution in [0.25, 0.3) is 0 Å². The number of hydrogen-bond acceptors (Lipinski definition) is 3. The van der Waals surface area contributed by atoms with Crippen molar-refractivity contribution in [3.05, 3.63) is 51.7 Å². The zero-order valence-electron chi connectivity index (χ0n) is 16.6. The molecule has 1 aromatic heterocycles. The van der Waals surface area contributed by atoms with E-state index < -0.39 is 23.1 Å². The fourth-order valence-electron chi connectivity index (χ4n) is 3.46. The standard InChI is InChI=1S/C20H25F3N4O2/c1-19(2,14-7-6-8-15(11-14)20(21,22)23)13-24-17(28)12-27-18(29)26-10-5-3-4-9-16(26)25-27/h6-8,11H,3-5,9-10,12-13H2,1-2H3,(H,24,28). The van der Waals surface area contributed by atoms with Crippen molar-refractivity contribution < 1.29 is 18.0 Å². The van der Waals surface area contributed by atoms with Crippen LogP contribution < -0.4 is 11.0 Å². The molecule has 0 radical (unpaired) electrons. The first-order chi connectivity index (χ1) is 13.6. The Morgan fingerprint density at radius 3 is 2.62 bits per heavy atom. The molecule has 2 aromatic rings. The van der Waals surface area contributed by atoms with Gasteiger partial charge in [-0.2, -0.15) is 18.3 Å². The normalized spacial score (nSPS) is 14.9. The highest BCUT2D eigenvalue weighted by Gasteiger charge is 2.32. The number of hydrogen-bond donors (Lipinski definition) is 1. The molecule has 6 nitrogen and oxygen atoms in total. The summed E-state index contributed by atoms with van der Waals surface area (Å²) in [5, 5.41) is 6.99. The van der Waals surface area contributed by atoms with E-state index in [0.29, 0.717) is 24.4 Å². The number of fused-ring (bicyclic) bond motifs is 1. The molecule has 0 atom stereocenters. The van der Waals surface area contributed by atoms with Crippen LogP contribution in [0.2, 0.25) is 0 Å². The second-order valence-corrected chi connectivity index (χ2v) is 8.06. The zero-order valence-corrected chi connectivity index (χ0v) is 16.6. The van der Waals surface area contributed by atoms with E-state index in [-0.39, 0.29) is 18.8 Å². The fraction of sp³-hybridized carbons (Fsp3) is 0.550. The number of carbonyl (C=O) groups excluding carboxylic acids is 1. The summed E-state index contributed by atoms with van der Waals surface area (Å²) < 4.78 is 41.7. The first-order valence-corrected chi connectivity index (χ1v) is 9.69. The van der Waals surface area contributed by atoms with Crippen molar-refractivity contribution in [3.63, 3.8) is 0 Å². The summed E-state index contributed by atoms with van der Waals surface area (Å²) in [4.78, 5) is 24.8. The SMILES string of the molecule is CC(C)(CNC(=O)Cn1nc2n(c1=O)CCCCC2)c1cccc(C(F)(F)F)c1. The number of rotatable bonds is 5. The van der Waals surface area contributed by atoms with Crippen LogP contribution in [0, 0.1) is 0 Å². The topological polar surface area (TPSA) is 68.9 Å². The minimum absolute atomic E-state index is 0.134. The van der Waals surface area contributed by atoms with Gasteiger partial charge in [-0.1, -0.05) is 38.5 Å². The number of nitrogens with one attached hydrogen (secondary N) is 1. The van der Waals surface area contributed by atoms with Gasteiger partial charge in [0.05, 0.1) is 5.56 Å². The molecule has 0 saturated heterocycles. The number of nitrogens with zero attached hydrogens (tertiary/aromatic N) is 3. The highest BCUT2D eigenvalue weighted by Crippen LogP contribution is 2.32. The number of carbonyl (C=O) groups is 1. The number of benzene rings is 1. The predicted molar refractivity (Wildman–Crippen MR) is 102 cm³/mol. The van der Waals surface area contributed by atoms with Crippen LogP contribution in [-0.2, 0) is 35.9 Å². The average molecular weight is 410 g/mol. The Balaban J connectivity index is 1.65. The lowest BCUT2D eigenvalue weighted by Gasteiger charge is -2.26. The zero-order chi connectivity index (χ0) is 21.2. The van der Waals surface area contributed by atoms with Crippen LogP contribution in [-0.4, -0.2) is 26.8 Å². The summed E-state index contributed by atoms with van der Waals surface area (Å²) >= 11 is 0. The molecule has 0 spiro atoms. The third kappa shape index (κ3) is 4.89. The molecule has 1 amide bonds. The van der Waals surface area contributed by atoms with Crippen LogP contribution in [0.5, 0.6) is 0 Å². The first-order valence-electron chi connectivity index (χ1n) is 9.69. The first kappa shape index (κ1) is 21.1. The van der Waals surface area contributed by atoms with Crippen molar-refractivity contribution in [2.45, 2.75) is 64.2 Å². The smallest absolute Gasteiger partial charge is 0.354 e. The van der Waals surface area contributed by atoms with E-state index in [1.807, 2.05) is 0 Å². The van der Waals surface area contributed by atoms with Crippen LogP contribution in [0.15, 0.2) is 29.1 Å². The molecule has 1 N–H and O–H groups in total. The van der Waals surface area contributed by atoms with Gasteiger partial charge in [-0.3, -0.25) is 9.36 Å². The number of aromatic nitrogens is 3. The number of halogens is 3. The van der Waals surface area contributed by atoms with Crippen LogP contribution in [0.1, 0.15) is 50.1 Å². The summed E-state index contributed by atoms with van der Waals surface area (Å²) in [6.45, 7) is 4.05. The Hall–Kier alpha value is -2.58. The van der Waals surface area contributed by atoms with Crippen LogP contribution in [0.3, 0.4) is 0 Å². The molecule has 2 heterocycles. The average Bonchev–Trinajstić information content (AvgIpc) is 2.83. The molecule has 9 heteroatoms. The maximum atomic E-state index is 13.0. The second-order valence-electron chi connectivity index (χ2n) is 8.06. The second kappa shape index (κ2) is 8.04. The van der Waals surface area contributed by atoms with Gasteiger partial charge < -0.3 is 5.32 Å². The van der Waals surface area contributed by atoms with E-state index in [1.54, 1.807) is 24.5 Å². The van der Waals surface area contributed by atoms with Gasteiger partial charge in [0.15, 0.2) is 0 Å². The van der Waals surface area contributed by atoms with Gasteiger partial charge in [-0.05, 0) is 24.5 Å². The van der Waals surface area contributed by atoms with Crippen LogP contribution in [0.4, 0.5) is 13.2 Å². The lowest BCUT2D eigenvalue weighted by Crippen LogP contribution is -2.40. The number of aryl methyl sites for hydroxylation is 1. The van der Waals surface area contributed by atoms with Gasteiger partial charge in [0, 0.05) is 24.9 Å². The van der Waals surface area contributed by atoms with E-state index >= 15 is 0 Å². The van der Waals surface area contributed by atoms with Crippen molar-refractivity contribution in [3.8, 4) is 0 Å². The van der Waals surface area contributed by atoms with Crippen molar-refractivity contribution >= 4 is 5.91 Å². The minimum atomic E-state index is -4.42. The van der Waals surface area contributed by atoms with Crippen molar-refractivity contribution in [1.29, 1.82) is 0 Å². The number of alkyl halides is 3. The summed E-state index contributed by atoms with van der Waals surface area (Å²) in [5.74, 6) is 0.296. The molecule has 0 bridgehead atoms. The third-order valence-electron chi connectivity index (χ3n) is 5.27. The monoisotopic (exact) mass is 410 g/mol. The Morgan fingerprint density at radius 2 is 1.90 bits per heavy atom. The molecule has 0 aliphatic carbocycles. The molecule has 3 rings (SSSR count). The van der Waals surface area contributed by atoms with Gasteiger partial charge in [-0.15, -0.1) is 0 Å².